The minimum Gasteiger partial charge on any atom is -0.393 e. The summed E-state index contributed by atoms with van der Waals surface area (Å²) in [4.78, 5) is 0. The molecule has 1 saturated heterocycles. The number of halogens is 1. The molecule has 2 nitrogen and oxygen atoms in total. The molecule has 2 rings (SSSR count). The summed E-state index contributed by atoms with van der Waals surface area (Å²) in [6, 6.07) is 7.78. The van der Waals surface area contributed by atoms with Crippen LogP contribution in [0.2, 0.25) is 5.02 Å². The van der Waals surface area contributed by atoms with E-state index in [1.807, 2.05) is 24.3 Å². The summed E-state index contributed by atoms with van der Waals surface area (Å²) in [7, 11) is 0. The molecule has 82 valence electrons. The second kappa shape index (κ2) is 4.97. The van der Waals surface area contributed by atoms with Gasteiger partial charge in [-0.05, 0) is 30.5 Å². The molecule has 0 saturated carbocycles. The Labute approximate surface area is 94.8 Å². The van der Waals surface area contributed by atoms with Crippen molar-refractivity contribution in [1.29, 1.82) is 0 Å². The fraction of sp³-hybridized carbons (Fsp3) is 0.500. The number of benzene rings is 1. The van der Waals surface area contributed by atoms with E-state index in [1.165, 1.54) is 0 Å². The molecule has 1 aromatic carbocycles. The average molecular weight is 227 g/mol. The van der Waals surface area contributed by atoms with Gasteiger partial charge in [-0.1, -0.05) is 23.7 Å². The molecular weight excluding hydrogens is 212 g/mol. The molecule has 3 heteroatoms. The molecule has 1 N–H and O–H groups in total. The van der Waals surface area contributed by atoms with Gasteiger partial charge in [-0.25, -0.2) is 0 Å². The Morgan fingerprint density at radius 2 is 2.33 bits per heavy atom. The molecule has 0 unspecified atom stereocenters. The zero-order valence-electron chi connectivity index (χ0n) is 8.53. The molecule has 1 heterocycles. The molecular formula is C12H15ClO2. The number of hydrogen-bond donors (Lipinski definition) is 1. The van der Waals surface area contributed by atoms with Gasteiger partial charge in [-0.3, -0.25) is 0 Å². The van der Waals surface area contributed by atoms with E-state index in [2.05, 4.69) is 0 Å². The van der Waals surface area contributed by atoms with Crippen molar-refractivity contribution < 1.29 is 9.84 Å². The van der Waals surface area contributed by atoms with Gasteiger partial charge in [-0.2, -0.15) is 0 Å². The second-order valence-corrected chi connectivity index (χ2v) is 4.46. The first kappa shape index (κ1) is 10.9. The summed E-state index contributed by atoms with van der Waals surface area (Å²) in [5.41, 5.74) is 1.16. The largest absolute Gasteiger partial charge is 0.393 e. The van der Waals surface area contributed by atoms with Crippen LogP contribution >= 0.6 is 11.6 Å². The number of aliphatic hydroxyl groups is 1. The van der Waals surface area contributed by atoms with Gasteiger partial charge in [0.05, 0.1) is 12.7 Å². The highest BCUT2D eigenvalue weighted by Crippen LogP contribution is 2.21. The number of aliphatic hydroxyl groups excluding tert-OH is 1. The molecule has 0 aliphatic carbocycles. The van der Waals surface area contributed by atoms with Crippen molar-refractivity contribution in [2.75, 3.05) is 13.2 Å². The van der Waals surface area contributed by atoms with Gasteiger partial charge in [0.2, 0.25) is 0 Å². The van der Waals surface area contributed by atoms with E-state index < -0.39 is 0 Å². The first-order valence-corrected chi connectivity index (χ1v) is 5.64. The Bertz CT molecular complexity index is 327. The van der Waals surface area contributed by atoms with Gasteiger partial charge in [-0.15, -0.1) is 0 Å². The Morgan fingerprint density at radius 1 is 1.47 bits per heavy atom. The topological polar surface area (TPSA) is 29.5 Å². The third kappa shape index (κ3) is 2.94. The molecule has 1 aromatic rings. The molecule has 0 amide bonds. The minimum atomic E-state index is -0.238. The van der Waals surface area contributed by atoms with Gasteiger partial charge in [0.15, 0.2) is 0 Å². The van der Waals surface area contributed by atoms with E-state index in [9.17, 15) is 5.11 Å². The minimum absolute atomic E-state index is 0.206. The lowest BCUT2D eigenvalue weighted by atomic mass is 9.92. The van der Waals surface area contributed by atoms with Crippen LogP contribution in [0, 0.1) is 5.92 Å². The maximum Gasteiger partial charge on any atom is 0.0615 e. The Balaban J connectivity index is 2.01. The summed E-state index contributed by atoms with van der Waals surface area (Å²) in [6.45, 7) is 1.32. The maximum atomic E-state index is 9.79. The molecule has 15 heavy (non-hydrogen) atoms. The lowest BCUT2D eigenvalue weighted by molar-refractivity contribution is -0.0350. The lowest BCUT2D eigenvalue weighted by Gasteiger charge is -2.27. The monoisotopic (exact) mass is 226 g/mol. The van der Waals surface area contributed by atoms with Gasteiger partial charge in [0.1, 0.15) is 0 Å². The average Bonchev–Trinajstić information content (AvgIpc) is 2.22. The maximum absolute atomic E-state index is 9.79. The highest BCUT2D eigenvalue weighted by Gasteiger charge is 2.23. The van der Waals surface area contributed by atoms with Crippen molar-refractivity contribution in [2.24, 2.45) is 5.92 Å². The van der Waals surface area contributed by atoms with Crippen molar-refractivity contribution in [2.45, 2.75) is 18.9 Å². The van der Waals surface area contributed by atoms with Crippen LogP contribution in [-0.2, 0) is 11.2 Å². The smallest absolute Gasteiger partial charge is 0.0615 e. The fourth-order valence-corrected chi connectivity index (χ4v) is 2.16. The quantitative estimate of drug-likeness (QED) is 0.839. The highest BCUT2D eigenvalue weighted by molar-refractivity contribution is 6.30. The molecule has 0 spiro atoms. The predicted molar refractivity (Wildman–Crippen MR) is 60.1 cm³/mol. The van der Waals surface area contributed by atoms with Crippen LogP contribution < -0.4 is 0 Å². The fourth-order valence-electron chi connectivity index (χ4n) is 1.95. The van der Waals surface area contributed by atoms with Gasteiger partial charge >= 0.3 is 0 Å². The van der Waals surface area contributed by atoms with E-state index in [-0.39, 0.29) is 12.0 Å². The SMILES string of the molecule is O[C@@H]1CCOC[C@H]1Cc1cccc(Cl)c1. The number of ether oxygens (including phenoxy) is 1. The standard InChI is InChI=1S/C12H15ClO2/c13-11-3-1-2-9(7-11)6-10-8-15-5-4-12(10)14/h1-3,7,10,12,14H,4-6,8H2/t10-,12-/m1/s1. The van der Waals surface area contributed by atoms with E-state index in [4.69, 9.17) is 16.3 Å². The van der Waals surface area contributed by atoms with Crippen molar-refractivity contribution in [1.82, 2.24) is 0 Å². The first-order valence-electron chi connectivity index (χ1n) is 5.26. The number of rotatable bonds is 2. The van der Waals surface area contributed by atoms with Crippen molar-refractivity contribution >= 4 is 11.6 Å². The van der Waals surface area contributed by atoms with Crippen LogP contribution in [0.5, 0.6) is 0 Å². The Hall–Kier alpha value is -0.570. The van der Waals surface area contributed by atoms with Crippen LogP contribution in [0.4, 0.5) is 0 Å². The van der Waals surface area contributed by atoms with Gasteiger partial charge in [0.25, 0.3) is 0 Å². The van der Waals surface area contributed by atoms with E-state index in [0.717, 1.165) is 23.4 Å². The van der Waals surface area contributed by atoms with E-state index in [0.29, 0.717) is 13.2 Å². The second-order valence-electron chi connectivity index (χ2n) is 4.03. The Kier molecular flexibility index (Phi) is 3.62. The van der Waals surface area contributed by atoms with Gasteiger partial charge < -0.3 is 9.84 Å². The van der Waals surface area contributed by atoms with Crippen LogP contribution in [0.15, 0.2) is 24.3 Å². The van der Waals surface area contributed by atoms with Crippen molar-refractivity contribution in [3.05, 3.63) is 34.9 Å². The zero-order valence-corrected chi connectivity index (χ0v) is 9.28. The summed E-state index contributed by atoms with van der Waals surface area (Å²) < 4.78 is 5.36. The normalized spacial score (nSPS) is 26.5. The molecule has 0 aromatic heterocycles. The third-order valence-corrected chi connectivity index (χ3v) is 3.06. The van der Waals surface area contributed by atoms with Crippen LogP contribution in [0.1, 0.15) is 12.0 Å². The molecule has 2 atom stereocenters. The molecule has 1 aliphatic heterocycles. The third-order valence-electron chi connectivity index (χ3n) is 2.82. The van der Waals surface area contributed by atoms with Gasteiger partial charge in [0, 0.05) is 17.5 Å². The van der Waals surface area contributed by atoms with E-state index >= 15 is 0 Å². The van der Waals surface area contributed by atoms with Crippen LogP contribution in [0.25, 0.3) is 0 Å². The Morgan fingerprint density at radius 3 is 3.07 bits per heavy atom. The molecule has 1 fully saturated rings. The summed E-state index contributed by atoms with van der Waals surface area (Å²) in [5.74, 6) is 0.206. The van der Waals surface area contributed by atoms with Crippen molar-refractivity contribution in [3.63, 3.8) is 0 Å². The van der Waals surface area contributed by atoms with Crippen molar-refractivity contribution in [3.8, 4) is 0 Å². The van der Waals surface area contributed by atoms with Crippen LogP contribution in [0.3, 0.4) is 0 Å². The molecule has 0 radical (unpaired) electrons. The first-order chi connectivity index (χ1) is 7.25. The summed E-state index contributed by atoms with van der Waals surface area (Å²) in [5, 5.41) is 10.5. The highest BCUT2D eigenvalue weighted by atomic mass is 35.5. The van der Waals surface area contributed by atoms with Crippen LogP contribution in [-0.4, -0.2) is 24.4 Å². The molecule has 0 bridgehead atoms. The summed E-state index contributed by atoms with van der Waals surface area (Å²) in [6.07, 6.45) is 1.34. The number of hydrogen-bond acceptors (Lipinski definition) is 2. The summed E-state index contributed by atoms with van der Waals surface area (Å²) >= 11 is 5.91. The zero-order chi connectivity index (χ0) is 10.7. The molecule has 1 aliphatic rings. The van der Waals surface area contributed by atoms with E-state index in [1.54, 1.807) is 0 Å². The lowest BCUT2D eigenvalue weighted by Crippen LogP contribution is -2.33. The predicted octanol–water partition coefficient (Wildman–Crippen LogP) is 2.28.